The highest BCUT2D eigenvalue weighted by Gasteiger charge is 2.14. The summed E-state index contributed by atoms with van der Waals surface area (Å²) in [5, 5.41) is 12.8. The molecule has 182 valence electrons. The highest BCUT2D eigenvalue weighted by Crippen LogP contribution is 2.27. The Kier molecular flexibility index (Phi) is 7.90. The number of anilines is 2. The maximum absolute atomic E-state index is 12.5. The van der Waals surface area contributed by atoms with Crippen molar-refractivity contribution in [2.75, 3.05) is 50.6 Å². The summed E-state index contributed by atoms with van der Waals surface area (Å²) in [6, 6.07) is 20.7. The fourth-order valence-corrected chi connectivity index (χ4v) is 3.90. The average Bonchev–Trinajstić information content (AvgIpc) is 2.88. The van der Waals surface area contributed by atoms with E-state index < -0.39 is 0 Å². The first kappa shape index (κ1) is 24.2. The van der Waals surface area contributed by atoms with Crippen LogP contribution in [-0.4, -0.2) is 56.3 Å². The fraction of sp³-hybridized carbons (Fsp3) is 0.250. The molecule has 0 aromatic heterocycles. The van der Waals surface area contributed by atoms with Gasteiger partial charge in [-0.15, -0.1) is 0 Å². The topological polar surface area (TPSA) is 74.3 Å². The molecule has 0 bridgehead atoms. The summed E-state index contributed by atoms with van der Waals surface area (Å²) in [6.45, 7) is 4.52. The number of methoxy groups -OCH3 is 1. The number of phenols is 1. The molecule has 35 heavy (non-hydrogen) atoms. The molecule has 1 aliphatic heterocycles. The lowest BCUT2D eigenvalue weighted by atomic mass is 10.1. The molecule has 7 nitrogen and oxygen atoms in total. The second-order valence-corrected chi connectivity index (χ2v) is 8.48. The van der Waals surface area contributed by atoms with Gasteiger partial charge in [-0.3, -0.25) is 4.79 Å². The number of rotatable bonds is 8. The van der Waals surface area contributed by atoms with Crippen molar-refractivity contribution < 1.29 is 19.4 Å². The van der Waals surface area contributed by atoms with Crippen molar-refractivity contribution >= 4 is 23.4 Å². The van der Waals surface area contributed by atoms with E-state index in [0.717, 1.165) is 37.5 Å². The lowest BCUT2D eigenvalue weighted by molar-refractivity contribution is -0.111. The molecular formula is C28H31N3O4. The zero-order valence-electron chi connectivity index (χ0n) is 20.1. The van der Waals surface area contributed by atoms with Gasteiger partial charge in [0, 0.05) is 49.2 Å². The molecule has 0 unspecified atom stereocenters. The molecule has 1 amide bonds. The van der Waals surface area contributed by atoms with Gasteiger partial charge in [-0.05, 0) is 61.2 Å². The minimum atomic E-state index is -0.274. The van der Waals surface area contributed by atoms with Crippen molar-refractivity contribution in [3.63, 3.8) is 0 Å². The molecule has 3 aromatic carbocycles. The quantitative estimate of drug-likeness (QED) is 0.473. The second-order valence-electron chi connectivity index (χ2n) is 8.48. The van der Waals surface area contributed by atoms with E-state index in [4.69, 9.17) is 9.47 Å². The van der Waals surface area contributed by atoms with Gasteiger partial charge in [-0.25, -0.2) is 0 Å². The Morgan fingerprint density at radius 2 is 1.77 bits per heavy atom. The Hall–Kier alpha value is -3.97. The van der Waals surface area contributed by atoms with Crippen molar-refractivity contribution in [2.45, 2.75) is 6.61 Å². The molecule has 0 atom stereocenters. The first-order valence-electron chi connectivity index (χ1n) is 11.6. The molecule has 0 saturated carbocycles. The SMILES string of the molecule is COc1ccc(C=CC(=O)Nc2ccccc2COc2ccc(N3CCN(C)CC3)cc2)cc1O. The van der Waals surface area contributed by atoms with Gasteiger partial charge >= 0.3 is 0 Å². The third-order valence-corrected chi connectivity index (χ3v) is 6.00. The van der Waals surface area contributed by atoms with Gasteiger partial charge in [0.25, 0.3) is 0 Å². The maximum Gasteiger partial charge on any atom is 0.248 e. The Balaban J connectivity index is 1.34. The number of ether oxygens (including phenoxy) is 2. The highest BCUT2D eigenvalue weighted by atomic mass is 16.5. The van der Waals surface area contributed by atoms with Crippen LogP contribution in [0, 0.1) is 0 Å². The van der Waals surface area contributed by atoms with Crippen molar-refractivity contribution in [3.8, 4) is 17.2 Å². The van der Waals surface area contributed by atoms with Gasteiger partial charge in [0.1, 0.15) is 12.4 Å². The summed E-state index contributed by atoms with van der Waals surface area (Å²) in [7, 11) is 3.64. The van der Waals surface area contributed by atoms with Gasteiger partial charge < -0.3 is 29.7 Å². The van der Waals surface area contributed by atoms with E-state index in [-0.39, 0.29) is 11.7 Å². The van der Waals surface area contributed by atoms with Crippen LogP contribution in [-0.2, 0) is 11.4 Å². The smallest absolute Gasteiger partial charge is 0.248 e. The highest BCUT2D eigenvalue weighted by molar-refractivity contribution is 6.02. The Morgan fingerprint density at radius 3 is 2.49 bits per heavy atom. The van der Waals surface area contributed by atoms with Crippen LogP contribution in [0.3, 0.4) is 0 Å². The molecule has 1 heterocycles. The number of carbonyl (C=O) groups excluding carboxylic acids is 1. The first-order chi connectivity index (χ1) is 17.0. The molecule has 7 heteroatoms. The third kappa shape index (κ3) is 6.55. The summed E-state index contributed by atoms with van der Waals surface area (Å²) in [6.07, 6.45) is 3.06. The first-order valence-corrected chi connectivity index (χ1v) is 11.6. The van der Waals surface area contributed by atoms with Crippen LogP contribution in [0.25, 0.3) is 6.08 Å². The summed E-state index contributed by atoms with van der Waals surface area (Å²) in [5.41, 5.74) is 3.46. The van der Waals surface area contributed by atoms with E-state index in [9.17, 15) is 9.90 Å². The summed E-state index contributed by atoms with van der Waals surface area (Å²) in [4.78, 5) is 17.2. The van der Waals surface area contributed by atoms with Crippen molar-refractivity contribution in [2.24, 2.45) is 0 Å². The number of aromatic hydroxyl groups is 1. The molecule has 1 aliphatic rings. The lowest BCUT2D eigenvalue weighted by Gasteiger charge is -2.34. The molecule has 1 saturated heterocycles. The number of nitrogens with one attached hydrogen (secondary N) is 1. The minimum Gasteiger partial charge on any atom is -0.504 e. The van der Waals surface area contributed by atoms with Crippen LogP contribution in [0.1, 0.15) is 11.1 Å². The van der Waals surface area contributed by atoms with Gasteiger partial charge in [-0.2, -0.15) is 0 Å². The number of likely N-dealkylation sites (N-methyl/N-ethyl adjacent to an activating group) is 1. The zero-order chi connectivity index (χ0) is 24.6. The summed E-state index contributed by atoms with van der Waals surface area (Å²) < 4.78 is 11.0. The number of hydrogen-bond acceptors (Lipinski definition) is 6. The summed E-state index contributed by atoms with van der Waals surface area (Å²) in [5.74, 6) is 0.913. The molecule has 1 fully saturated rings. The van der Waals surface area contributed by atoms with Crippen LogP contribution in [0.5, 0.6) is 17.2 Å². The standard InChI is InChI=1S/C28H31N3O4/c1-30-15-17-31(18-16-30)23-9-11-24(12-10-23)35-20-22-5-3-4-6-25(22)29-28(33)14-8-21-7-13-27(34-2)26(32)19-21/h3-14,19,32H,15-18,20H2,1-2H3,(H,29,33). The fourth-order valence-electron chi connectivity index (χ4n) is 3.90. The van der Waals surface area contributed by atoms with Crippen LogP contribution in [0.15, 0.2) is 72.8 Å². The Bertz CT molecular complexity index is 1170. The molecule has 3 aromatic rings. The van der Waals surface area contributed by atoms with E-state index >= 15 is 0 Å². The second kappa shape index (κ2) is 11.4. The number of amides is 1. The monoisotopic (exact) mass is 473 g/mol. The van der Waals surface area contributed by atoms with Gasteiger partial charge in [-0.1, -0.05) is 24.3 Å². The Morgan fingerprint density at radius 1 is 1.03 bits per heavy atom. The molecule has 0 aliphatic carbocycles. The number of phenolic OH excluding ortho intramolecular Hbond substituents is 1. The maximum atomic E-state index is 12.5. The number of benzene rings is 3. The van der Waals surface area contributed by atoms with Crippen molar-refractivity contribution in [3.05, 3.63) is 83.9 Å². The van der Waals surface area contributed by atoms with E-state index in [2.05, 4.69) is 34.3 Å². The number of piperazine rings is 1. The lowest BCUT2D eigenvalue weighted by Crippen LogP contribution is -2.44. The van der Waals surface area contributed by atoms with Crippen LogP contribution in [0.4, 0.5) is 11.4 Å². The average molecular weight is 474 g/mol. The van der Waals surface area contributed by atoms with Crippen molar-refractivity contribution in [1.82, 2.24) is 4.90 Å². The minimum absolute atomic E-state index is 0.0223. The molecule has 2 N–H and O–H groups in total. The van der Waals surface area contributed by atoms with E-state index in [1.807, 2.05) is 36.4 Å². The number of para-hydroxylation sites is 1. The van der Waals surface area contributed by atoms with E-state index in [1.165, 1.54) is 18.9 Å². The molecule has 4 rings (SSSR count). The van der Waals surface area contributed by atoms with Crippen LogP contribution >= 0.6 is 0 Å². The third-order valence-electron chi connectivity index (χ3n) is 6.00. The molecule has 0 spiro atoms. The van der Waals surface area contributed by atoms with Crippen molar-refractivity contribution in [1.29, 1.82) is 0 Å². The zero-order valence-corrected chi connectivity index (χ0v) is 20.1. The predicted octanol–water partition coefficient (Wildman–Crippen LogP) is 4.38. The predicted molar refractivity (Wildman–Crippen MR) is 139 cm³/mol. The van der Waals surface area contributed by atoms with Crippen LogP contribution in [0.2, 0.25) is 0 Å². The van der Waals surface area contributed by atoms with Gasteiger partial charge in [0.15, 0.2) is 11.5 Å². The van der Waals surface area contributed by atoms with Gasteiger partial charge in [0.2, 0.25) is 5.91 Å². The van der Waals surface area contributed by atoms with Gasteiger partial charge in [0.05, 0.1) is 7.11 Å². The van der Waals surface area contributed by atoms with Crippen LogP contribution < -0.4 is 19.7 Å². The van der Waals surface area contributed by atoms with E-state index in [1.54, 1.807) is 24.3 Å². The number of hydrogen-bond donors (Lipinski definition) is 2. The molecule has 0 radical (unpaired) electrons. The largest absolute Gasteiger partial charge is 0.504 e. The number of nitrogens with zero attached hydrogens (tertiary/aromatic N) is 2. The molecular weight excluding hydrogens is 442 g/mol. The summed E-state index contributed by atoms with van der Waals surface area (Å²) >= 11 is 0. The normalized spacial score (nSPS) is 14.2. The van der Waals surface area contributed by atoms with E-state index in [0.29, 0.717) is 23.6 Å². The Labute approximate surface area is 206 Å². The number of carbonyl (C=O) groups is 1.